The number of ether oxygens (including phenoxy) is 1. The number of hydrogen-bond donors (Lipinski definition) is 1. The Bertz CT molecular complexity index is 1040. The number of carbonyl (C=O) groups is 1. The highest BCUT2D eigenvalue weighted by Gasteiger charge is 2.32. The molecule has 32 heavy (non-hydrogen) atoms. The highest BCUT2D eigenvalue weighted by Crippen LogP contribution is 2.32. The lowest BCUT2D eigenvalue weighted by Gasteiger charge is -2.29. The van der Waals surface area contributed by atoms with Gasteiger partial charge in [-0.1, -0.05) is 48.9 Å². The third-order valence-electron chi connectivity index (χ3n) is 5.29. The molecule has 0 aliphatic carbocycles. The summed E-state index contributed by atoms with van der Waals surface area (Å²) in [6.07, 6.45) is 1.60. The Hall–Kier alpha value is -2.99. The van der Waals surface area contributed by atoms with E-state index in [-0.39, 0.29) is 17.6 Å². The Morgan fingerprint density at radius 3 is 2.34 bits per heavy atom. The number of halogens is 3. The predicted octanol–water partition coefficient (Wildman–Crippen LogP) is 5.87. The topological polar surface area (TPSA) is 51.2 Å². The summed E-state index contributed by atoms with van der Waals surface area (Å²) in [7, 11) is 0. The van der Waals surface area contributed by atoms with E-state index in [1.165, 1.54) is 0 Å². The van der Waals surface area contributed by atoms with Crippen LogP contribution in [0.3, 0.4) is 0 Å². The minimum Gasteiger partial charge on any atom is -0.478 e. The van der Waals surface area contributed by atoms with Crippen LogP contribution in [0.2, 0.25) is 5.02 Å². The SMILES string of the molecule is CC(c1ccc(Cl)cn1)C(CNC(=O)C(C)(C)Oc1cc(F)cc(F)c1)c1ccccc1. The van der Waals surface area contributed by atoms with Crippen molar-refractivity contribution in [2.75, 3.05) is 6.54 Å². The zero-order valence-corrected chi connectivity index (χ0v) is 18.9. The van der Waals surface area contributed by atoms with Crippen molar-refractivity contribution >= 4 is 17.5 Å². The van der Waals surface area contributed by atoms with E-state index in [0.717, 1.165) is 29.5 Å². The van der Waals surface area contributed by atoms with Gasteiger partial charge >= 0.3 is 0 Å². The van der Waals surface area contributed by atoms with Crippen LogP contribution in [0.25, 0.3) is 0 Å². The van der Waals surface area contributed by atoms with Gasteiger partial charge in [0.2, 0.25) is 0 Å². The maximum absolute atomic E-state index is 13.5. The quantitative estimate of drug-likeness (QED) is 0.459. The summed E-state index contributed by atoms with van der Waals surface area (Å²) in [5, 5.41) is 3.48. The molecule has 3 aromatic rings. The molecule has 1 heterocycles. The molecule has 1 N–H and O–H groups in total. The van der Waals surface area contributed by atoms with Crippen molar-refractivity contribution < 1.29 is 18.3 Å². The van der Waals surface area contributed by atoms with Gasteiger partial charge in [-0.25, -0.2) is 8.78 Å². The molecule has 0 aliphatic rings. The Labute approximate surface area is 191 Å². The fourth-order valence-corrected chi connectivity index (χ4v) is 3.60. The summed E-state index contributed by atoms with van der Waals surface area (Å²) in [4.78, 5) is 17.4. The van der Waals surface area contributed by atoms with Crippen LogP contribution in [0.4, 0.5) is 8.78 Å². The first-order valence-corrected chi connectivity index (χ1v) is 10.6. The zero-order valence-electron chi connectivity index (χ0n) is 18.1. The van der Waals surface area contributed by atoms with Crippen molar-refractivity contribution in [3.63, 3.8) is 0 Å². The van der Waals surface area contributed by atoms with E-state index in [0.29, 0.717) is 11.6 Å². The van der Waals surface area contributed by atoms with E-state index in [9.17, 15) is 13.6 Å². The molecule has 3 rings (SSSR count). The molecule has 2 atom stereocenters. The predicted molar refractivity (Wildman–Crippen MR) is 121 cm³/mol. The number of nitrogens with one attached hydrogen (secondary N) is 1. The number of hydrogen-bond acceptors (Lipinski definition) is 3. The summed E-state index contributed by atoms with van der Waals surface area (Å²) >= 11 is 5.97. The van der Waals surface area contributed by atoms with Gasteiger partial charge in [0.15, 0.2) is 5.60 Å². The molecule has 2 aromatic carbocycles. The molecule has 1 aromatic heterocycles. The highest BCUT2D eigenvalue weighted by molar-refractivity contribution is 6.30. The molecule has 0 spiro atoms. The van der Waals surface area contributed by atoms with Gasteiger partial charge in [0, 0.05) is 48.5 Å². The smallest absolute Gasteiger partial charge is 0.263 e. The van der Waals surface area contributed by atoms with Crippen LogP contribution < -0.4 is 10.1 Å². The Kier molecular flexibility index (Phi) is 7.46. The summed E-state index contributed by atoms with van der Waals surface area (Å²) in [5.74, 6) is -2.10. The van der Waals surface area contributed by atoms with E-state index in [1.54, 1.807) is 26.1 Å². The maximum Gasteiger partial charge on any atom is 0.263 e. The first-order valence-electron chi connectivity index (χ1n) is 10.3. The number of pyridine rings is 1. The number of carbonyl (C=O) groups excluding carboxylic acids is 1. The fraction of sp³-hybridized carbons (Fsp3) is 0.280. The van der Waals surface area contributed by atoms with Gasteiger partial charge in [-0.3, -0.25) is 9.78 Å². The monoisotopic (exact) mass is 458 g/mol. The van der Waals surface area contributed by atoms with E-state index in [1.807, 2.05) is 43.3 Å². The van der Waals surface area contributed by atoms with Crippen LogP contribution in [0.15, 0.2) is 66.9 Å². The first kappa shape index (κ1) is 23.7. The third kappa shape index (κ3) is 6.04. The summed E-state index contributed by atoms with van der Waals surface area (Å²) in [6.45, 7) is 5.45. The van der Waals surface area contributed by atoms with Gasteiger partial charge in [0.1, 0.15) is 17.4 Å². The number of rotatable bonds is 8. The van der Waals surface area contributed by atoms with Crippen LogP contribution >= 0.6 is 11.6 Å². The first-order chi connectivity index (χ1) is 15.2. The van der Waals surface area contributed by atoms with E-state index >= 15 is 0 Å². The molecule has 1 amide bonds. The average molecular weight is 459 g/mol. The Balaban J connectivity index is 1.76. The lowest BCUT2D eigenvalue weighted by Crippen LogP contribution is -2.48. The molecule has 0 bridgehead atoms. The van der Waals surface area contributed by atoms with Crippen molar-refractivity contribution in [2.45, 2.75) is 38.2 Å². The second-order valence-corrected chi connectivity index (χ2v) is 8.57. The fourth-order valence-electron chi connectivity index (χ4n) is 3.49. The van der Waals surface area contributed by atoms with Crippen LogP contribution in [-0.2, 0) is 4.79 Å². The van der Waals surface area contributed by atoms with Crippen molar-refractivity contribution in [1.29, 1.82) is 0 Å². The lowest BCUT2D eigenvalue weighted by molar-refractivity contribution is -0.134. The van der Waals surface area contributed by atoms with E-state index in [2.05, 4.69) is 10.3 Å². The average Bonchev–Trinajstić information content (AvgIpc) is 2.73. The molecular weight excluding hydrogens is 434 g/mol. The molecule has 2 unspecified atom stereocenters. The van der Waals surface area contributed by atoms with Gasteiger partial charge in [-0.2, -0.15) is 0 Å². The van der Waals surface area contributed by atoms with Gasteiger partial charge in [-0.15, -0.1) is 0 Å². The minimum absolute atomic E-state index is 0.0173. The van der Waals surface area contributed by atoms with Crippen LogP contribution in [0, 0.1) is 11.6 Å². The molecule has 0 aliphatic heterocycles. The number of amides is 1. The minimum atomic E-state index is -1.34. The molecule has 0 radical (unpaired) electrons. The number of nitrogens with zero attached hydrogens (tertiary/aromatic N) is 1. The maximum atomic E-state index is 13.5. The third-order valence-corrected chi connectivity index (χ3v) is 5.51. The highest BCUT2D eigenvalue weighted by atomic mass is 35.5. The van der Waals surface area contributed by atoms with Crippen LogP contribution in [0.5, 0.6) is 5.75 Å². The normalized spacial score (nSPS) is 13.3. The van der Waals surface area contributed by atoms with Crippen molar-refractivity contribution in [3.8, 4) is 5.75 Å². The van der Waals surface area contributed by atoms with Crippen molar-refractivity contribution in [3.05, 3.63) is 94.8 Å². The van der Waals surface area contributed by atoms with Gasteiger partial charge in [0.25, 0.3) is 5.91 Å². The Morgan fingerprint density at radius 2 is 1.75 bits per heavy atom. The van der Waals surface area contributed by atoms with E-state index < -0.39 is 23.1 Å². The summed E-state index contributed by atoms with van der Waals surface area (Å²) in [6, 6.07) is 16.3. The standard InChI is InChI=1S/C25H25ClF2N2O2/c1-16(23-10-9-18(26)14-29-23)22(17-7-5-4-6-8-17)15-30-24(31)25(2,3)32-21-12-19(27)11-20(28)13-21/h4-14,16,22H,15H2,1-3H3,(H,30,31). The molecule has 0 saturated carbocycles. The van der Waals surface area contributed by atoms with Crippen molar-refractivity contribution in [2.24, 2.45) is 0 Å². The van der Waals surface area contributed by atoms with Gasteiger partial charge < -0.3 is 10.1 Å². The Morgan fingerprint density at radius 1 is 1.09 bits per heavy atom. The number of aromatic nitrogens is 1. The summed E-state index contributed by atoms with van der Waals surface area (Å²) < 4.78 is 32.6. The molecule has 4 nitrogen and oxygen atoms in total. The largest absolute Gasteiger partial charge is 0.478 e. The van der Waals surface area contributed by atoms with Gasteiger partial charge in [-0.05, 0) is 31.5 Å². The second kappa shape index (κ2) is 10.1. The number of benzene rings is 2. The second-order valence-electron chi connectivity index (χ2n) is 8.13. The van der Waals surface area contributed by atoms with E-state index in [4.69, 9.17) is 16.3 Å². The molecule has 0 fully saturated rings. The molecule has 7 heteroatoms. The lowest BCUT2D eigenvalue weighted by atomic mass is 9.84. The van der Waals surface area contributed by atoms with Crippen LogP contribution in [-0.4, -0.2) is 23.0 Å². The molecule has 0 saturated heterocycles. The summed E-state index contributed by atoms with van der Waals surface area (Å²) in [5.41, 5.74) is 0.551. The van der Waals surface area contributed by atoms with Crippen LogP contribution in [0.1, 0.15) is 43.9 Å². The zero-order chi connectivity index (χ0) is 23.3. The van der Waals surface area contributed by atoms with Crippen molar-refractivity contribution in [1.82, 2.24) is 10.3 Å². The van der Waals surface area contributed by atoms with Gasteiger partial charge in [0.05, 0.1) is 5.02 Å². The molecule has 168 valence electrons. The molecular formula is C25H25ClF2N2O2.